The fraction of sp³-hybridized carbons (Fsp3) is 0.333. The minimum Gasteiger partial charge on any atom is -0.236 e. The van der Waals surface area contributed by atoms with Crippen molar-refractivity contribution in [2.75, 3.05) is 7.05 Å². The number of aromatic nitrogens is 2. The molecular weight excluding hydrogens is 305 g/mol. The number of hydrogen-bond acceptors (Lipinski definition) is 4. The summed E-state index contributed by atoms with van der Waals surface area (Å²) in [5.74, 6) is -0.281. The predicted octanol–water partition coefficient (Wildman–Crippen LogP) is 2.46. The number of nitrogens with zero attached hydrogens (tertiary/aromatic N) is 2. The van der Waals surface area contributed by atoms with Crippen molar-refractivity contribution >= 4 is 10.0 Å². The Labute approximate surface area is 129 Å². The molecule has 1 aromatic carbocycles. The van der Waals surface area contributed by atoms with E-state index in [0.29, 0.717) is 11.3 Å². The zero-order valence-electron chi connectivity index (χ0n) is 12.7. The SMILES string of the molecule is CNS(=O)(=O)Cc1nc(-c2ccc(F)cc2)cc(C(C)C)n1. The van der Waals surface area contributed by atoms with E-state index in [9.17, 15) is 12.8 Å². The van der Waals surface area contributed by atoms with Gasteiger partial charge in [-0.25, -0.2) is 27.5 Å². The number of benzene rings is 1. The van der Waals surface area contributed by atoms with Crippen molar-refractivity contribution in [3.63, 3.8) is 0 Å². The molecule has 0 bridgehead atoms. The summed E-state index contributed by atoms with van der Waals surface area (Å²) in [5.41, 5.74) is 2.05. The van der Waals surface area contributed by atoms with Crippen LogP contribution in [0.3, 0.4) is 0 Å². The van der Waals surface area contributed by atoms with Crippen molar-refractivity contribution in [3.05, 3.63) is 47.7 Å². The molecule has 1 heterocycles. The molecule has 0 spiro atoms. The van der Waals surface area contributed by atoms with Gasteiger partial charge in [-0.1, -0.05) is 13.8 Å². The number of rotatable bonds is 5. The maximum Gasteiger partial charge on any atom is 0.218 e. The second-order valence-electron chi connectivity index (χ2n) is 5.22. The zero-order valence-corrected chi connectivity index (χ0v) is 13.5. The van der Waals surface area contributed by atoms with Gasteiger partial charge in [-0.05, 0) is 43.3 Å². The van der Waals surface area contributed by atoms with Crippen molar-refractivity contribution in [1.82, 2.24) is 14.7 Å². The van der Waals surface area contributed by atoms with Crippen molar-refractivity contribution in [2.45, 2.75) is 25.5 Å². The van der Waals surface area contributed by atoms with Gasteiger partial charge in [0.05, 0.1) is 5.69 Å². The molecule has 7 heteroatoms. The number of halogens is 1. The Morgan fingerprint density at radius 1 is 1.18 bits per heavy atom. The van der Waals surface area contributed by atoms with Crippen LogP contribution in [0.25, 0.3) is 11.3 Å². The molecule has 0 amide bonds. The Bertz CT molecular complexity index is 759. The molecule has 0 aliphatic rings. The molecule has 1 aromatic heterocycles. The molecule has 2 rings (SSSR count). The third-order valence-electron chi connectivity index (χ3n) is 3.15. The first-order valence-electron chi connectivity index (χ1n) is 6.86. The van der Waals surface area contributed by atoms with Crippen LogP contribution < -0.4 is 4.72 Å². The van der Waals surface area contributed by atoms with Gasteiger partial charge in [0.15, 0.2) is 0 Å². The molecule has 0 saturated heterocycles. The molecule has 5 nitrogen and oxygen atoms in total. The van der Waals surface area contributed by atoms with Crippen LogP contribution >= 0.6 is 0 Å². The van der Waals surface area contributed by atoms with Crippen LogP contribution in [-0.2, 0) is 15.8 Å². The Kier molecular flexibility index (Phi) is 4.87. The second-order valence-corrected chi connectivity index (χ2v) is 7.15. The summed E-state index contributed by atoms with van der Waals surface area (Å²) in [7, 11) is -2.11. The van der Waals surface area contributed by atoms with E-state index >= 15 is 0 Å². The molecule has 0 saturated carbocycles. The summed E-state index contributed by atoms with van der Waals surface area (Å²) in [6.45, 7) is 3.93. The first-order chi connectivity index (χ1) is 10.3. The number of sulfonamides is 1. The van der Waals surface area contributed by atoms with E-state index < -0.39 is 10.0 Å². The van der Waals surface area contributed by atoms with E-state index in [1.807, 2.05) is 13.8 Å². The highest BCUT2D eigenvalue weighted by Crippen LogP contribution is 2.22. The molecule has 2 aromatic rings. The van der Waals surface area contributed by atoms with Crippen LogP contribution in [0.5, 0.6) is 0 Å². The maximum absolute atomic E-state index is 13.0. The van der Waals surface area contributed by atoms with Gasteiger partial charge in [-0.15, -0.1) is 0 Å². The highest BCUT2D eigenvalue weighted by atomic mass is 32.2. The smallest absolute Gasteiger partial charge is 0.218 e. The molecule has 0 radical (unpaired) electrons. The summed E-state index contributed by atoms with van der Waals surface area (Å²) < 4.78 is 38.7. The average molecular weight is 323 g/mol. The lowest BCUT2D eigenvalue weighted by atomic mass is 10.1. The van der Waals surface area contributed by atoms with Crippen molar-refractivity contribution < 1.29 is 12.8 Å². The molecule has 118 valence electrons. The quantitative estimate of drug-likeness (QED) is 0.917. The van der Waals surface area contributed by atoms with Crippen LogP contribution in [0.1, 0.15) is 31.3 Å². The van der Waals surface area contributed by atoms with E-state index in [1.54, 1.807) is 18.2 Å². The van der Waals surface area contributed by atoms with Gasteiger partial charge >= 0.3 is 0 Å². The van der Waals surface area contributed by atoms with Gasteiger partial charge in [0.1, 0.15) is 17.4 Å². The Morgan fingerprint density at radius 2 is 1.82 bits per heavy atom. The lowest BCUT2D eigenvalue weighted by molar-refractivity contribution is 0.585. The van der Waals surface area contributed by atoms with E-state index in [1.165, 1.54) is 19.2 Å². The topological polar surface area (TPSA) is 72.0 Å². The first kappa shape index (κ1) is 16.5. The number of nitrogens with one attached hydrogen (secondary N) is 1. The van der Waals surface area contributed by atoms with E-state index in [0.717, 1.165) is 5.69 Å². The van der Waals surface area contributed by atoms with Gasteiger partial charge < -0.3 is 0 Å². The monoisotopic (exact) mass is 323 g/mol. The Balaban J connectivity index is 2.50. The van der Waals surface area contributed by atoms with E-state index in [2.05, 4.69) is 14.7 Å². The third kappa shape index (κ3) is 4.08. The summed E-state index contributed by atoms with van der Waals surface area (Å²) in [6.07, 6.45) is 0. The van der Waals surface area contributed by atoms with Gasteiger partial charge in [-0.3, -0.25) is 0 Å². The minimum absolute atomic E-state index is 0.123. The first-order valence-corrected chi connectivity index (χ1v) is 8.51. The van der Waals surface area contributed by atoms with Crippen LogP contribution in [0.2, 0.25) is 0 Å². The van der Waals surface area contributed by atoms with Crippen molar-refractivity contribution in [3.8, 4) is 11.3 Å². The number of hydrogen-bond donors (Lipinski definition) is 1. The van der Waals surface area contributed by atoms with Crippen LogP contribution in [0.4, 0.5) is 4.39 Å². The Hall–Kier alpha value is -1.86. The lowest BCUT2D eigenvalue weighted by Crippen LogP contribution is -2.22. The molecule has 22 heavy (non-hydrogen) atoms. The molecule has 0 aliphatic carbocycles. The van der Waals surface area contributed by atoms with Crippen molar-refractivity contribution in [1.29, 1.82) is 0 Å². The largest absolute Gasteiger partial charge is 0.236 e. The highest BCUT2D eigenvalue weighted by Gasteiger charge is 2.15. The summed E-state index contributed by atoms with van der Waals surface area (Å²) in [4.78, 5) is 8.60. The van der Waals surface area contributed by atoms with Crippen molar-refractivity contribution in [2.24, 2.45) is 0 Å². The Morgan fingerprint density at radius 3 is 2.36 bits per heavy atom. The van der Waals surface area contributed by atoms with Gasteiger partial charge in [0.25, 0.3) is 0 Å². The van der Waals surface area contributed by atoms with E-state index in [-0.39, 0.29) is 23.3 Å². The normalized spacial score (nSPS) is 11.9. The molecule has 1 N–H and O–H groups in total. The van der Waals surface area contributed by atoms with Gasteiger partial charge in [0.2, 0.25) is 10.0 Å². The summed E-state index contributed by atoms with van der Waals surface area (Å²) >= 11 is 0. The second kappa shape index (κ2) is 6.50. The predicted molar refractivity (Wildman–Crippen MR) is 83.2 cm³/mol. The summed E-state index contributed by atoms with van der Waals surface area (Å²) in [6, 6.07) is 7.71. The fourth-order valence-electron chi connectivity index (χ4n) is 1.89. The third-order valence-corrected chi connectivity index (χ3v) is 4.41. The average Bonchev–Trinajstić information content (AvgIpc) is 2.47. The highest BCUT2D eigenvalue weighted by molar-refractivity contribution is 7.88. The fourth-order valence-corrected chi connectivity index (χ4v) is 2.50. The summed E-state index contributed by atoms with van der Waals surface area (Å²) in [5, 5.41) is 0. The molecule has 0 unspecified atom stereocenters. The molecule has 0 aliphatic heterocycles. The van der Waals surface area contributed by atoms with E-state index in [4.69, 9.17) is 0 Å². The van der Waals surface area contributed by atoms with Gasteiger partial charge in [0, 0.05) is 11.3 Å². The van der Waals surface area contributed by atoms with Crippen LogP contribution in [0, 0.1) is 5.82 Å². The van der Waals surface area contributed by atoms with Crippen LogP contribution in [0.15, 0.2) is 30.3 Å². The lowest BCUT2D eigenvalue weighted by Gasteiger charge is -2.11. The maximum atomic E-state index is 13.0. The van der Waals surface area contributed by atoms with Crippen LogP contribution in [-0.4, -0.2) is 25.4 Å². The standard InChI is InChI=1S/C15H18FN3O2S/c1-10(2)13-8-14(11-4-6-12(16)7-5-11)19-15(18-13)9-22(20,21)17-3/h4-8,10,17H,9H2,1-3H3. The molecular formula is C15H18FN3O2S. The molecule has 0 fully saturated rings. The zero-order chi connectivity index (χ0) is 16.3. The molecule has 0 atom stereocenters. The van der Waals surface area contributed by atoms with Gasteiger partial charge in [-0.2, -0.15) is 0 Å². The minimum atomic E-state index is -3.46.